The van der Waals surface area contributed by atoms with Crippen LogP contribution in [-0.2, 0) is 20.9 Å². The van der Waals surface area contributed by atoms with E-state index in [4.69, 9.17) is 9.15 Å². The number of urea groups is 1. The van der Waals surface area contributed by atoms with E-state index >= 15 is 0 Å². The molecule has 1 atom stereocenters. The lowest BCUT2D eigenvalue weighted by atomic mass is 9.98. The molecule has 2 aliphatic heterocycles. The van der Waals surface area contributed by atoms with Crippen molar-refractivity contribution in [3.63, 3.8) is 0 Å². The van der Waals surface area contributed by atoms with Crippen LogP contribution in [0, 0.1) is 5.41 Å². The fourth-order valence-corrected chi connectivity index (χ4v) is 3.17. The molecule has 9 heteroatoms. The minimum atomic E-state index is -1.05. The van der Waals surface area contributed by atoms with Gasteiger partial charge in [0.1, 0.15) is 11.3 Å². The van der Waals surface area contributed by atoms with Crippen LogP contribution in [0.1, 0.15) is 48.5 Å². The van der Waals surface area contributed by atoms with Crippen molar-refractivity contribution in [3.05, 3.63) is 35.1 Å². The van der Waals surface area contributed by atoms with E-state index in [-0.39, 0.29) is 11.7 Å². The third-order valence-corrected chi connectivity index (χ3v) is 4.72. The van der Waals surface area contributed by atoms with Crippen molar-refractivity contribution in [1.29, 1.82) is 0 Å². The van der Waals surface area contributed by atoms with Crippen LogP contribution in [0.2, 0.25) is 0 Å². The van der Waals surface area contributed by atoms with Gasteiger partial charge >= 0.3 is 12.0 Å². The molecule has 146 valence electrons. The number of nitrogens with zero attached hydrogens (tertiary/aromatic N) is 1. The number of amides is 4. The first-order valence-electron chi connectivity index (χ1n) is 8.79. The Hall–Kier alpha value is -3.36. The van der Waals surface area contributed by atoms with Crippen molar-refractivity contribution >= 4 is 34.8 Å². The summed E-state index contributed by atoms with van der Waals surface area (Å²) in [5.74, 6) is -1.11. The average Bonchev–Trinajstić information content (AvgIpc) is 3.28. The number of fused-ring (bicyclic) bond motifs is 3. The lowest BCUT2D eigenvalue weighted by Gasteiger charge is -2.19. The second-order valence-electron chi connectivity index (χ2n) is 7.80. The van der Waals surface area contributed by atoms with Gasteiger partial charge in [-0.05, 0) is 38.5 Å². The Morgan fingerprint density at radius 2 is 2.04 bits per heavy atom. The summed E-state index contributed by atoms with van der Waals surface area (Å²) in [6, 6.07) is 3.37. The molecule has 1 aromatic heterocycles. The van der Waals surface area contributed by atoms with Gasteiger partial charge in [-0.3, -0.25) is 14.4 Å². The van der Waals surface area contributed by atoms with E-state index in [2.05, 4.69) is 10.6 Å². The Morgan fingerprint density at radius 3 is 2.75 bits per heavy atom. The standard InChI is InChI=1S/C19H19N3O6/c1-19(2,3)17(25)27-8-22-16(24)14(21-18(22)26)12-6-10-11(28-12)5-4-9-7-20-15(23)13(9)10/h4-6,14H,7-8H2,1-3H3,(H,20,23)(H,21,26)/t14-/m0/s1. The number of hydrogen-bond donors (Lipinski definition) is 2. The zero-order valence-electron chi connectivity index (χ0n) is 15.6. The van der Waals surface area contributed by atoms with Gasteiger partial charge in [0, 0.05) is 11.9 Å². The van der Waals surface area contributed by atoms with Crippen molar-refractivity contribution in [2.45, 2.75) is 33.4 Å². The Labute approximate surface area is 160 Å². The number of hydrogen-bond acceptors (Lipinski definition) is 6. The minimum Gasteiger partial charge on any atom is -0.458 e. The van der Waals surface area contributed by atoms with Crippen molar-refractivity contribution in [3.8, 4) is 0 Å². The number of imide groups is 1. The van der Waals surface area contributed by atoms with Crippen LogP contribution in [0.15, 0.2) is 22.6 Å². The minimum absolute atomic E-state index is 0.203. The number of esters is 1. The number of carbonyl (C=O) groups excluding carboxylic acids is 4. The van der Waals surface area contributed by atoms with Crippen LogP contribution in [0.3, 0.4) is 0 Å². The highest BCUT2D eigenvalue weighted by Crippen LogP contribution is 2.33. The predicted octanol–water partition coefficient (Wildman–Crippen LogP) is 1.82. The summed E-state index contributed by atoms with van der Waals surface area (Å²) in [6.07, 6.45) is 0. The first-order chi connectivity index (χ1) is 13.2. The molecule has 2 aliphatic rings. The second-order valence-corrected chi connectivity index (χ2v) is 7.80. The van der Waals surface area contributed by atoms with E-state index in [0.717, 1.165) is 10.5 Å². The molecule has 0 unspecified atom stereocenters. The molecular formula is C19H19N3O6. The molecule has 2 aromatic rings. The summed E-state index contributed by atoms with van der Waals surface area (Å²) >= 11 is 0. The maximum absolute atomic E-state index is 12.7. The molecule has 9 nitrogen and oxygen atoms in total. The molecule has 0 radical (unpaired) electrons. The van der Waals surface area contributed by atoms with E-state index < -0.39 is 36.1 Å². The summed E-state index contributed by atoms with van der Waals surface area (Å²) in [7, 11) is 0. The zero-order chi connectivity index (χ0) is 20.2. The number of nitrogens with one attached hydrogen (secondary N) is 2. The third-order valence-electron chi connectivity index (χ3n) is 4.72. The monoisotopic (exact) mass is 385 g/mol. The highest BCUT2D eigenvalue weighted by molar-refractivity contribution is 6.10. The van der Waals surface area contributed by atoms with E-state index in [9.17, 15) is 19.2 Å². The Balaban J connectivity index is 1.58. The van der Waals surface area contributed by atoms with Gasteiger partial charge in [-0.1, -0.05) is 6.07 Å². The van der Waals surface area contributed by atoms with Gasteiger partial charge in [-0.25, -0.2) is 9.69 Å². The van der Waals surface area contributed by atoms with Gasteiger partial charge in [-0.2, -0.15) is 0 Å². The Morgan fingerprint density at radius 1 is 1.29 bits per heavy atom. The van der Waals surface area contributed by atoms with Crippen molar-refractivity contribution < 1.29 is 28.3 Å². The maximum atomic E-state index is 12.7. The van der Waals surface area contributed by atoms with Crippen molar-refractivity contribution in [2.24, 2.45) is 5.41 Å². The van der Waals surface area contributed by atoms with Gasteiger partial charge in [-0.15, -0.1) is 0 Å². The normalized spacial score (nSPS) is 19.0. The summed E-state index contributed by atoms with van der Waals surface area (Å²) < 4.78 is 10.8. The van der Waals surface area contributed by atoms with Crippen molar-refractivity contribution in [1.82, 2.24) is 15.5 Å². The SMILES string of the molecule is CC(C)(C)C(=O)OCN1C(=O)N[C@@H](c2cc3c4c(ccc3o2)CNC4=O)C1=O. The largest absolute Gasteiger partial charge is 0.458 e. The molecule has 3 heterocycles. The van der Waals surface area contributed by atoms with Crippen LogP contribution in [0.25, 0.3) is 11.0 Å². The lowest BCUT2D eigenvalue weighted by Crippen LogP contribution is -2.36. The molecule has 4 amide bonds. The molecule has 28 heavy (non-hydrogen) atoms. The van der Waals surface area contributed by atoms with Gasteiger partial charge < -0.3 is 19.8 Å². The summed E-state index contributed by atoms with van der Waals surface area (Å²) in [5, 5.41) is 5.85. The highest BCUT2D eigenvalue weighted by Gasteiger charge is 2.42. The topological polar surface area (TPSA) is 118 Å². The van der Waals surface area contributed by atoms with Gasteiger partial charge in [0.05, 0.1) is 11.0 Å². The van der Waals surface area contributed by atoms with Gasteiger partial charge in [0.2, 0.25) is 0 Å². The second kappa shape index (κ2) is 6.08. The van der Waals surface area contributed by atoms with E-state index in [1.807, 2.05) is 0 Å². The number of benzene rings is 1. The van der Waals surface area contributed by atoms with Gasteiger partial charge in [0.25, 0.3) is 11.8 Å². The molecule has 0 bridgehead atoms. The number of furan rings is 1. The molecular weight excluding hydrogens is 366 g/mol. The summed E-state index contributed by atoms with van der Waals surface area (Å²) in [5.41, 5.74) is 1.06. The zero-order valence-corrected chi connectivity index (χ0v) is 15.6. The Bertz CT molecular complexity index is 1030. The summed E-state index contributed by atoms with van der Waals surface area (Å²) in [4.78, 5) is 49.6. The fourth-order valence-electron chi connectivity index (χ4n) is 3.17. The highest BCUT2D eigenvalue weighted by atomic mass is 16.5. The number of carbonyl (C=O) groups is 4. The fraction of sp³-hybridized carbons (Fsp3) is 0.368. The van der Waals surface area contributed by atoms with E-state index in [1.54, 1.807) is 39.0 Å². The first kappa shape index (κ1) is 18.0. The molecule has 2 N–H and O–H groups in total. The number of ether oxygens (including phenoxy) is 1. The summed E-state index contributed by atoms with van der Waals surface area (Å²) in [6.45, 7) is 4.99. The smallest absolute Gasteiger partial charge is 0.327 e. The van der Waals surface area contributed by atoms with Gasteiger partial charge in [0.15, 0.2) is 12.8 Å². The van der Waals surface area contributed by atoms with Crippen LogP contribution < -0.4 is 10.6 Å². The molecule has 1 fully saturated rings. The Kier molecular flexibility index (Phi) is 3.91. The van der Waals surface area contributed by atoms with Crippen molar-refractivity contribution in [2.75, 3.05) is 6.73 Å². The van der Waals surface area contributed by atoms with Crippen LogP contribution in [0.4, 0.5) is 4.79 Å². The van der Waals surface area contributed by atoms with E-state index in [0.29, 0.717) is 23.1 Å². The molecule has 1 saturated heterocycles. The molecule has 0 aliphatic carbocycles. The van der Waals surface area contributed by atoms with Crippen LogP contribution in [-0.4, -0.2) is 35.4 Å². The van der Waals surface area contributed by atoms with E-state index in [1.165, 1.54) is 0 Å². The number of rotatable bonds is 3. The average molecular weight is 385 g/mol. The van der Waals surface area contributed by atoms with Crippen LogP contribution in [0.5, 0.6) is 0 Å². The molecule has 0 spiro atoms. The lowest BCUT2D eigenvalue weighted by molar-refractivity contribution is -0.158. The molecule has 1 aromatic carbocycles. The maximum Gasteiger partial charge on any atom is 0.327 e. The molecule has 4 rings (SSSR count). The van der Waals surface area contributed by atoms with Crippen LogP contribution >= 0.6 is 0 Å². The quantitative estimate of drug-likeness (QED) is 0.615. The molecule has 0 saturated carbocycles. The predicted molar refractivity (Wildman–Crippen MR) is 95.9 cm³/mol. The first-order valence-corrected chi connectivity index (χ1v) is 8.79. The third kappa shape index (κ3) is 2.79.